The van der Waals surface area contributed by atoms with Crippen LogP contribution in [-0.4, -0.2) is 46.1 Å². The number of hydrogen-bond donors (Lipinski definition) is 2. The molecule has 2 N–H and O–H groups in total. The number of nitrogens with one attached hydrogen (secondary N) is 2. The zero-order valence-corrected chi connectivity index (χ0v) is 18.0. The van der Waals surface area contributed by atoms with Crippen LogP contribution >= 0.6 is 23.1 Å². The van der Waals surface area contributed by atoms with Gasteiger partial charge in [0.15, 0.2) is 16.7 Å². The molecular formula is C20H17N5O4S2. The molecule has 3 rings (SSSR count). The van der Waals surface area contributed by atoms with E-state index in [4.69, 9.17) is 0 Å². The topological polar surface area (TPSA) is 129 Å². The highest BCUT2D eigenvalue weighted by Crippen LogP contribution is 2.14. The number of hydrogen-bond acceptors (Lipinski definition) is 7. The van der Waals surface area contributed by atoms with Gasteiger partial charge in [-0.3, -0.25) is 19.2 Å². The van der Waals surface area contributed by atoms with Crippen molar-refractivity contribution in [3.8, 4) is 0 Å². The Bertz CT molecular complexity index is 1090. The van der Waals surface area contributed by atoms with Crippen LogP contribution in [0.25, 0.3) is 0 Å². The predicted molar refractivity (Wildman–Crippen MR) is 121 cm³/mol. The minimum Gasteiger partial charge on any atom is -0.351 e. The average Bonchev–Trinajstić information content (AvgIpc) is 3.28. The maximum absolute atomic E-state index is 12.4. The highest BCUT2D eigenvalue weighted by Gasteiger charge is 2.27. The third kappa shape index (κ3) is 6.52. The molecule has 0 bridgehead atoms. The van der Waals surface area contributed by atoms with Gasteiger partial charge in [-0.2, -0.15) is 9.98 Å². The fourth-order valence-corrected chi connectivity index (χ4v) is 3.64. The number of benzene rings is 1. The minimum absolute atomic E-state index is 0.00821. The third-order valence-corrected chi connectivity index (χ3v) is 5.44. The van der Waals surface area contributed by atoms with Crippen LogP contribution in [0.4, 0.5) is 0 Å². The van der Waals surface area contributed by atoms with E-state index in [9.17, 15) is 19.2 Å². The van der Waals surface area contributed by atoms with E-state index < -0.39 is 17.7 Å². The zero-order valence-electron chi connectivity index (χ0n) is 16.3. The quantitative estimate of drug-likeness (QED) is 0.710. The predicted octanol–water partition coefficient (Wildman–Crippen LogP) is 1.81. The molecule has 11 heteroatoms. The Kier molecular flexibility index (Phi) is 7.57. The summed E-state index contributed by atoms with van der Waals surface area (Å²) >= 11 is 2.11. The van der Waals surface area contributed by atoms with E-state index in [1.165, 1.54) is 18.3 Å². The lowest BCUT2D eigenvalue weighted by Crippen LogP contribution is -2.41. The van der Waals surface area contributed by atoms with Crippen molar-refractivity contribution in [3.05, 3.63) is 58.3 Å². The van der Waals surface area contributed by atoms with E-state index in [0.717, 1.165) is 17.3 Å². The van der Waals surface area contributed by atoms with E-state index in [2.05, 4.69) is 25.6 Å². The van der Waals surface area contributed by atoms with Crippen molar-refractivity contribution in [1.82, 2.24) is 10.6 Å². The van der Waals surface area contributed by atoms with E-state index in [1.807, 2.05) is 30.3 Å². The van der Waals surface area contributed by atoms with Gasteiger partial charge < -0.3 is 10.6 Å². The van der Waals surface area contributed by atoms with Crippen molar-refractivity contribution < 1.29 is 19.2 Å². The van der Waals surface area contributed by atoms with Gasteiger partial charge in [0.1, 0.15) is 0 Å². The molecule has 0 fully saturated rings. The number of nitrogens with zero attached hydrogens (tertiary/aromatic N) is 3. The number of thiophene rings is 1. The van der Waals surface area contributed by atoms with Crippen LogP contribution in [-0.2, 0) is 20.9 Å². The summed E-state index contributed by atoms with van der Waals surface area (Å²) in [6.45, 7) is 1.61. The summed E-state index contributed by atoms with van der Waals surface area (Å²) in [6.07, 6.45) is 0. The fourth-order valence-electron chi connectivity index (χ4n) is 2.37. The first-order valence-corrected chi connectivity index (χ1v) is 10.9. The molecule has 1 aliphatic rings. The van der Waals surface area contributed by atoms with E-state index in [1.54, 1.807) is 17.5 Å². The standard InChI is InChI=1S/C20H17N5O4S2/c1-12(26)22-17-16(23-18(28)14-8-5-9-30-14)19(29)25-20(24-17)31-11-15(27)21-10-13-6-3-2-4-7-13/h2-9H,10-11H2,1H3,(H,21,27)(H,22,24,25,26,29). The summed E-state index contributed by atoms with van der Waals surface area (Å²) in [5.41, 5.74) is 0.597. The summed E-state index contributed by atoms with van der Waals surface area (Å²) in [7, 11) is 0. The highest BCUT2D eigenvalue weighted by atomic mass is 32.2. The van der Waals surface area contributed by atoms with Crippen LogP contribution in [0.2, 0.25) is 0 Å². The second-order valence-corrected chi connectivity index (χ2v) is 8.03. The largest absolute Gasteiger partial charge is 0.351 e. The van der Waals surface area contributed by atoms with Crippen molar-refractivity contribution in [3.63, 3.8) is 0 Å². The van der Waals surface area contributed by atoms with Gasteiger partial charge in [0, 0.05) is 13.5 Å². The number of amides is 4. The molecule has 2 aromatic rings. The summed E-state index contributed by atoms with van der Waals surface area (Å²) < 4.78 is 0. The van der Waals surface area contributed by atoms with Crippen LogP contribution in [0, 0.1) is 0 Å². The molecule has 2 heterocycles. The number of rotatable bonds is 5. The number of amidine groups is 2. The molecule has 1 aliphatic heterocycles. The van der Waals surface area contributed by atoms with Crippen molar-refractivity contribution in [2.75, 3.05) is 5.75 Å². The van der Waals surface area contributed by atoms with Crippen LogP contribution in [0.1, 0.15) is 22.2 Å². The van der Waals surface area contributed by atoms with Crippen molar-refractivity contribution >= 4 is 63.4 Å². The van der Waals surface area contributed by atoms with E-state index >= 15 is 0 Å². The first-order chi connectivity index (χ1) is 14.9. The third-order valence-electron chi connectivity index (χ3n) is 3.74. The molecule has 0 saturated heterocycles. The number of thioether (sulfide) groups is 1. The molecule has 4 amide bonds. The normalized spacial score (nSPS) is 14.6. The summed E-state index contributed by atoms with van der Waals surface area (Å²) in [6, 6.07) is 12.7. The second kappa shape index (κ2) is 10.5. The van der Waals surface area contributed by atoms with Gasteiger partial charge in [-0.15, -0.1) is 11.3 Å². The Balaban J connectivity index is 1.67. The molecule has 31 heavy (non-hydrogen) atoms. The molecule has 0 radical (unpaired) electrons. The second-order valence-electron chi connectivity index (χ2n) is 6.13. The molecule has 0 saturated carbocycles. The Morgan fingerprint density at radius 2 is 1.87 bits per heavy atom. The molecular weight excluding hydrogens is 438 g/mol. The monoisotopic (exact) mass is 455 g/mol. The number of carbonyl (C=O) groups excluding carboxylic acids is 4. The van der Waals surface area contributed by atoms with Gasteiger partial charge in [-0.25, -0.2) is 4.99 Å². The van der Waals surface area contributed by atoms with Crippen molar-refractivity contribution in [2.45, 2.75) is 13.5 Å². The smallest absolute Gasteiger partial charge is 0.302 e. The Labute approximate surface area is 185 Å². The molecule has 9 nitrogen and oxygen atoms in total. The zero-order chi connectivity index (χ0) is 22.2. The van der Waals surface area contributed by atoms with Crippen LogP contribution in [0.15, 0.2) is 62.8 Å². The maximum atomic E-state index is 12.4. The lowest BCUT2D eigenvalue weighted by atomic mass is 10.2. The summed E-state index contributed by atoms with van der Waals surface area (Å²) in [4.78, 5) is 60.3. The number of carbonyl (C=O) groups is 4. The van der Waals surface area contributed by atoms with Gasteiger partial charge in [0.2, 0.25) is 11.8 Å². The van der Waals surface area contributed by atoms with Crippen molar-refractivity contribution in [1.29, 1.82) is 0 Å². The first-order valence-electron chi connectivity index (χ1n) is 9.02. The van der Waals surface area contributed by atoms with Crippen LogP contribution in [0.5, 0.6) is 0 Å². The van der Waals surface area contributed by atoms with Gasteiger partial charge in [0.05, 0.1) is 10.6 Å². The van der Waals surface area contributed by atoms with Crippen LogP contribution in [0.3, 0.4) is 0 Å². The lowest BCUT2D eigenvalue weighted by Gasteiger charge is -2.13. The Morgan fingerprint density at radius 1 is 1.10 bits per heavy atom. The first kappa shape index (κ1) is 22.2. The summed E-state index contributed by atoms with van der Waals surface area (Å²) in [5, 5.41) is 6.85. The Hall–Kier alpha value is -3.44. The lowest BCUT2D eigenvalue weighted by molar-refractivity contribution is -0.119. The average molecular weight is 456 g/mol. The molecule has 0 spiro atoms. The molecule has 1 aromatic carbocycles. The highest BCUT2D eigenvalue weighted by molar-refractivity contribution is 8.14. The fraction of sp³-hybridized carbons (Fsp3) is 0.150. The summed E-state index contributed by atoms with van der Waals surface area (Å²) in [5.74, 6) is -2.43. The number of aliphatic imine (C=N–C) groups is 3. The van der Waals surface area contributed by atoms with Gasteiger partial charge >= 0.3 is 5.91 Å². The van der Waals surface area contributed by atoms with Crippen LogP contribution < -0.4 is 10.6 Å². The molecule has 0 unspecified atom stereocenters. The van der Waals surface area contributed by atoms with E-state index in [-0.39, 0.29) is 28.4 Å². The molecule has 1 aromatic heterocycles. The van der Waals surface area contributed by atoms with E-state index in [0.29, 0.717) is 11.4 Å². The SMILES string of the molecule is CC(=O)NC1=NC(SCC(=O)NCc2ccccc2)=NC(=O)C1=NC(=O)c1cccs1. The van der Waals surface area contributed by atoms with Crippen molar-refractivity contribution in [2.24, 2.45) is 15.0 Å². The van der Waals surface area contributed by atoms with Gasteiger partial charge in [0.25, 0.3) is 5.91 Å². The molecule has 158 valence electrons. The molecule has 0 aliphatic carbocycles. The van der Waals surface area contributed by atoms with Gasteiger partial charge in [-0.05, 0) is 17.0 Å². The molecule has 0 atom stereocenters. The maximum Gasteiger partial charge on any atom is 0.302 e. The van der Waals surface area contributed by atoms with Gasteiger partial charge in [-0.1, -0.05) is 48.2 Å². The Morgan fingerprint density at radius 3 is 2.55 bits per heavy atom. The minimum atomic E-state index is -0.823.